The van der Waals surface area contributed by atoms with Gasteiger partial charge in [-0.2, -0.15) is 0 Å². The molecule has 5 heteroatoms. The molecule has 0 atom stereocenters. The minimum Gasteiger partial charge on any atom is -0.492 e. The van der Waals surface area contributed by atoms with Crippen molar-refractivity contribution in [3.8, 4) is 5.75 Å². The molecule has 1 aromatic rings. The minimum absolute atomic E-state index is 0.212. The Hall–Kier alpha value is -1.26. The number of carbonyl (C=O) groups excluding carboxylic acids is 1. The molecule has 1 saturated heterocycles. The molecule has 2 rings (SSSR count). The van der Waals surface area contributed by atoms with Gasteiger partial charge in [-0.3, -0.25) is 4.79 Å². The van der Waals surface area contributed by atoms with Crippen LogP contribution in [-0.2, 0) is 4.79 Å². The standard InChI is InChI=1S/C16H23ClN2O2/c1-16(7-9-18-10-8-16)15(20)19(2)11-12-21-14-5-3-13(17)4-6-14/h3-6,18H,7-12H2,1-2H3. The van der Waals surface area contributed by atoms with Gasteiger partial charge >= 0.3 is 0 Å². The van der Waals surface area contributed by atoms with E-state index in [2.05, 4.69) is 12.2 Å². The lowest BCUT2D eigenvalue weighted by atomic mass is 9.80. The summed E-state index contributed by atoms with van der Waals surface area (Å²) < 4.78 is 5.64. The van der Waals surface area contributed by atoms with Crippen LogP contribution in [0.4, 0.5) is 0 Å². The number of likely N-dealkylation sites (N-methyl/N-ethyl adjacent to an activating group) is 1. The van der Waals surface area contributed by atoms with Crippen molar-refractivity contribution in [3.05, 3.63) is 29.3 Å². The topological polar surface area (TPSA) is 41.6 Å². The Balaban J connectivity index is 1.79. The quantitative estimate of drug-likeness (QED) is 0.909. The second-order valence-corrected chi connectivity index (χ2v) is 6.28. The van der Waals surface area contributed by atoms with Crippen LogP contribution in [0.3, 0.4) is 0 Å². The lowest BCUT2D eigenvalue weighted by molar-refractivity contribution is -0.141. The van der Waals surface area contributed by atoms with Gasteiger partial charge < -0.3 is 15.0 Å². The van der Waals surface area contributed by atoms with Crippen LogP contribution < -0.4 is 10.1 Å². The average Bonchev–Trinajstić information content (AvgIpc) is 2.49. The van der Waals surface area contributed by atoms with Gasteiger partial charge in [0.25, 0.3) is 0 Å². The second-order valence-electron chi connectivity index (χ2n) is 5.84. The zero-order valence-electron chi connectivity index (χ0n) is 12.7. The third kappa shape index (κ3) is 4.35. The molecule has 0 radical (unpaired) electrons. The largest absolute Gasteiger partial charge is 0.492 e. The fourth-order valence-electron chi connectivity index (χ4n) is 2.59. The van der Waals surface area contributed by atoms with Crippen LogP contribution in [0.2, 0.25) is 5.02 Å². The van der Waals surface area contributed by atoms with E-state index >= 15 is 0 Å². The van der Waals surface area contributed by atoms with Gasteiger partial charge in [-0.05, 0) is 50.2 Å². The van der Waals surface area contributed by atoms with Crippen molar-refractivity contribution in [2.45, 2.75) is 19.8 Å². The molecule has 0 unspecified atom stereocenters. The first-order valence-electron chi connectivity index (χ1n) is 7.36. The summed E-state index contributed by atoms with van der Waals surface area (Å²) in [5.41, 5.74) is -0.236. The molecule has 0 bridgehead atoms. The first-order chi connectivity index (χ1) is 10.0. The summed E-state index contributed by atoms with van der Waals surface area (Å²) >= 11 is 5.83. The minimum atomic E-state index is -0.236. The van der Waals surface area contributed by atoms with E-state index in [1.165, 1.54) is 0 Å². The number of piperidine rings is 1. The number of halogens is 1. The van der Waals surface area contributed by atoms with E-state index in [-0.39, 0.29) is 11.3 Å². The van der Waals surface area contributed by atoms with Crippen molar-refractivity contribution >= 4 is 17.5 Å². The van der Waals surface area contributed by atoms with Crippen LogP contribution in [0.25, 0.3) is 0 Å². The van der Waals surface area contributed by atoms with Gasteiger partial charge in [0.1, 0.15) is 12.4 Å². The molecule has 1 heterocycles. The molecule has 0 aliphatic carbocycles. The van der Waals surface area contributed by atoms with E-state index in [1.807, 2.05) is 19.2 Å². The lowest BCUT2D eigenvalue weighted by Crippen LogP contribution is -2.47. The maximum atomic E-state index is 12.5. The number of hydrogen-bond acceptors (Lipinski definition) is 3. The van der Waals surface area contributed by atoms with Gasteiger partial charge in [-0.1, -0.05) is 18.5 Å². The van der Waals surface area contributed by atoms with Gasteiger partial charge in [-0.15, -0.1) is 0 Å². The molecular formula is C16H23ClN2O2. The van der Waals surface area contributed by atoms with E-state index in [0.717, 1.165) is 31.7 Å². The molecule has 0 spiro atoms. The van der Waals surface area contributed by atoms with Crippen LogP contribution in [0, 0.1) is 5.41 Å². The number of nitrogens with zero attached hydrogens (tertiary/aromatic N) is 1. The second kappa shape index (κ2) is 7.14. The normalized spacial score (nSPS) is 17.3. The summed E-state index contributed by atoms with van der Waals surface area (Å²) in [7, 11) is 1.85. The molecule has 1 fully saturated rings. The number of rotatable bonds is 5. The zero-order valence-corrected chi connectivity index (χ0v) is 13.4. The van der Waals surface area contributed by atoms with Crippen LogP contribution in [-0.4, -0.2) is 44.1 Å². The molecule has 1 amide bonds. The molecule has 0 saturated carbocycles. The summed E-state index contributed by atoms with van der Waals surface area (Å²) in [6.45, 7) is 4.96. The molecule has 4 nitrogen and oxygen atoms in total. The maximum absolute atomic E-state index is 12.5. The smallest absolute Gasteiger partial charge is 0.228 e. The van der Waals surface area contributed by atoms with Crippen molar-refractivity contribution in [2.75, 3.05) is 33.3 Å². The van der Waals surface area contributed by atoms with Gasteiger partial charge in [0, 0.05) is 17.5 Å². The highest BCUT2D eigenvalue weighted by Crippen LogP contribution is 2.29. The third-order valence-corrected chi connectivity index (χ3v) is 4.33. The van der Waals surface area contributed by atoms with Gasteiger partial charge in [-0.25, -0.2) is 0 Å². The number of amides is 1. The van der Waals surface area contributed by atoms with Gasteiger partial charge in [0.2, 0.25) is 5.91 Å². The lowest BCUT2D eigenvalue weighted by Gasteiger charge is -2.35. The summed E-state index contributed by atoms with van der Waals surface area (Å²) in [4.78, 5) is 14.3. The highest BCUT2D eigenvalue weighted by Gasteiger charge is 2.36. The Bertz CT molecular complexity index is 470. The molecular weight excluding hydrogens is 288 g/mol. The van der Waals surface area contributed by atoms with Crippen molar-refractivity contribution in [3.63, 3.8) is 0 Å². The predicted octanol–water partition coefficient (Wildman–Crippen LogP) is 2.57. The third-order valence-electron chi connectivity index (χ3n) is 4.08. The Kier molecular flexibility index (Phi) is 5.48. The van der Waals surface area contributed by atoms with Crippen molar-refractivity contribution in [1.29, 1.82) is 0 Å². The molecule has 1 aromatic carbocycles. The first kappa shape index (κ1) is 16.1. The molecule has 1 aliphatic rings. The van der Waals surface area contributed by atoms with Crippen molar-refractivity contribution in [1.82, 2.24) is 10.2 Å². The highest BCUT2D eigenvalue weighted by molar-refractivity contribution is 6.30. The number of hydrogen-bond donors (Lipinski definition) is 1. The van der Waals surface area contributed by atoms with E-state index in [1.54, 1.807) is 17.0 Å². The predicted molar refractivity (Wildman–Crippen MR) is 84.8 cm³/mol. The number of carbonyl (C=O) groups is 1. The fourth-order valence-corrected chi connectivity index (χ4v) is 2.71. The summed E-state index contributed by atoms with van der Waals surface area (Å²) in [6, 6.07) is 7.25. The Morgan fingerprint density at radius 2 is 1.95 bits per heavy atom. The van der Waals surface area contributed by atoms with E-state index < -0.39 is 0 Å². The number of benzene rings is 1. The zero-order chi connectivity index (χ0) is 15.3. The Labute approximate surface area is 131 Å². The summed E-state index contributed by atoms with van der Waals surface area (Å²) in [5, 5.41) is 3.99. The highest BCUT2D eigenvalue weighted by atomic mass is 35.5. The number of ether oxygens (including phenoxy) is 1. The van der Waals surface area contributed by atoms with Crippen molar-refractivity contribution in [2.24, 2.45) is 5.41 Å². The molecule has 116 valence electrons. The molecule has 1 N–H and O–H groups in total. The Morgan fingerprint density at radius 3 is 2.57 bits per heavy atom. The van der Waals surface area contributed by atoms with Crippen molar-refractivity contribution < 1.29 is 9.53 Å². The SMILES string of the molecule is CN(CCOc1ccc(Cl)cc1)C(=O)C1(C)CCNCC1. The van der Waals surface area contributed by atoms with E-state index in [4.69, 9.17) is 16.3 Å². The summed E-state index contributed by atoms with van der Waals surface area (Å²) in [6.07, 6.45) is 1.79. The average molecular weight is 311 g/mol. The summed E-state index contributed by atoms with van der Waals surface area (Å²) in [5.74, 6) is 0.983. The van der Waals surface area contributed by atoms with Gasteiger partial charge in [0.05, 0.1) is 6.54 Å². The number of nitrogens with one attached hydrogen (secondary N) is 1. The van der Waals surface area contributed by atoms with Gasteiger partial charge in [0.15, 0.2) is 0 Å². The first-order valence-corrected chi connectivity index (χ1v) is 7.74. The molecule has 21 heavy (non-hydrogen) atoms. The van der Waals surface area contributed by atoms with Crippen LogP contribution >= 0.6 is 11.6 Å². The monoisotopic (exact) mass is 310 g/mol. The molecule has 1 aliphatic heterocycles. The van der Waals surface area contributed by atoms with Crippen LogP contribution in [0.1, 0.15) is 19.8 Å². The van der Waals surface area contributed by atoms with Crippen LogP contribution in [0.15, 0.2) is 24.3 Å². The maximum Gasteiger partial charge on any atom is 0.228 e. The molecule has 0 aromatic heterocycles. The fraction of sp³-hybridized carbons (Fsp3) is 0.562. The van der Waals surface area contributed by atoms with E-state index in [9.17, 15) is 4.79 Å². The van der Waals surface area contributed by atoms with Crippen LogP contribution in [0.5, 0.6) is 5.75 Å². The Morgan fingerprint density at radius 1 is 1.33 bits per heavy atom. The van der Waals surface area contributed by atoms with E-state index in [0.29, 0.717) is 18.2 Å².